The van der Waals surface area contributed by atoms with E-state index in [1.165, 1.54) is 25.7 Å². The Hall–Kier alpha value is -0.280. The number of carbonyl (C=O) groups excluding carboxylic acids is 1. The Kier molecular flexibility index (Phi) is 6.28. The lowest BCUT2D eigenvalue weighted by Crippen LogP contribution is -2.36. The molecule has 1 aliphatic heterocycles. The standard InChI is InChI=1S/C13H24N2O.ClH/c1-10-3-2-4-11(7-10)8-15-13(16)12-5-6-14-9-12;/h10-12,14H,2-9H2,1H3,(H,15,16);1H. The summed E-state index contributed by atoms with van der Waals surface area (Å²) in [6.45, 7) is 5.10. The van der Waals surface area contributed by atoms with Crippen molar-refractivity contribution in [1.82, 2.24) is 10.6 Å². The van der Waals surface area contributed by atoms with Gasteiger partial charge in [-0.2, -0.15) is 0 Å². The maximum Gasteiger partial charge on any atom is 0.224 e. The maximum atomic E-state index is 11.8. The van der Waals surface area contributed by atoms with Crippen molar-refractivity contribution in [2.24, 2.45) is 17.8 Å². The molecule has 4 heteroatoms. The minimum absolute atomic E-state index is 0. The van der Waals surface area contributed by atoms with Crippen LogP contribution in [0.3, 0.4) is 0 Å². The topological polar surface area (TPSA) is 41.1 Å². The van der Waals surface area contributed by atoms with Crippen LogP contribution in [0.1, 0.15) is 39.0 Å². The van der Waals surface area contributed by atoms with Crippen LogP contribution in [0, 0.1) is 17.8 Å². The van der Waals surface area contributed by atoms with E-state index in [2.05, 4.69) is 17.6 Å². The number of carbonyl (C=O) groups is 1. The van der Waals surface area contributed by atoms with Crippen LogP contribution < -0.4 is 10.6 Å². The fourth-order valence-corrected chi connectivity index (χ4v) is 3.01. The van der Waals surface area contributed by atoms with Gasteiger partial charge in [-0.1, -0.05) is 19.8 Å². The average Bonchev–Trinajstić information content (AvgIpc) is 2.79. The zero-order valence-electron chi connectivity index (χ0n) is 10.7. The van der Waals surface area contributed by atoms with E-state index in [-0.39, 0.29) is 24.2 Å². The zero-order chi connectivity index (χ0) is 11.4. The summed E-state index contributed by atoms with van der Waals surface area (Å²) in [5.74, 6) is 2.06. The molecule has 1 aliphatic carbocycles. The third kappa shape index (κ3) is 4.47. The largest absolute Gasteiger partial charge is 0.356 e. The fraction of sp³-hybridized carbons (Fsp3) is 0.923. The van der Waals surface area contributed by atoms with Gasteiger partial charge in [0.1, 0.15) is 0 Å². The number of amides is 1. The summed E-state index contributed by atoms with van der Waals surface area (Å²) in [6, 6.07) is 0. The predicted molar refractivity (Wildman–Crippen MR) is 72.4 cm³/mol. The van der Waals surface area contributed by atoms with E-state index in [1.54, 1.807) is 0 Å². The monoisotopic (exact) mass is 260 g/mol. The Morgan fingerprint density at radius 2 is 2.18 bits per heavy atom. The molecule has 17 heavy (non-hydrogen) atoms. The van der Waals surface area contributed by atoms with E-state index in [0.717, 1.165) is 37.9 Å². The SMILES string of the molecule is CC1CCCC(CNC(=O)C2CCNC2)C1.Cl. The highest BCUT2D eigenvalue weighted by atomic mass is 35.5. The molecule has 0 aromatic carbocycles. The van der Waals surface area contributed by atoms with Crippen LogP contribution in [0.5, 0.6) is 0 Å². The van der Waals surface area contributed by atoms with Gasteiger partial charge in [0, 0.05) is 13.1 Å². The molecule has 1 heterocycles. The van der Waals surface area contributed by atoms with Crippen molar-refractivity contribution in [3.63, 3.8) is 0 Å². The van der Waals surface area contributed by atoms with Crippen LogP contribution in [0.15, 0.2) is 0 Å². The van der Waals surface area contributed by atoms with E-state index in [4.69, 9.17) is 0 Å². The normalized spacial score (nSPS) is 32.9. The smallest absolute Gasteiger partial charge is 0.224 e. The molecule has 0 spiro atoms. The molecular weight excluding hydrogens is 236 g/mol. The Morgan fingerprint density at radius 1 is 1.35 bits per heavy atom. The van der Waals surface area contributed by atoms with Gasteiger partial charge in [-0.3, -0.25) is 4.79 Å². The lowest BCUT2D eigenvalue weighted by atomic mass is 9.82. The summed E-state index contributed by atoms with van der Waals surface area (Å²) in [7, 11) is 0. The number of nitrogens with one attached hydrogen (secondary N) is 2. The molecule has 0 aromatic rings. The van der Waals surface area contributed by atoms with E-state index < -0.39 is 0 Å². The van der Waals surface area contributed by atoms with Gasteiger partial charge in [0.05, 0.1) is 5.92 Å². The third-order valence-electron chi connectivity index (χ3n) is 4.04. The Morgan fingerprint density at radius 3 is 2.82 bits per heavy atom. The molecular formula is C13H25ClN2O. The van der Waals surface area contributed by atoms with E-state index in [9.17, 15) is 4.79 Å². The van der Waals surface area contributed by atoms with Crippen molar-refractivity contribution in [2.75, 3.05) is 19.6 Å². The van der Waals surface area contributed by atoms with Crippen LogP contribution in [0.2, 0.25) is 0 Å². The van der Waals surface area contributed by atoms with Crippen molar-refractivity contribution in [3.05, 3.63) is 0 Å². The molecule has 100 valence electrons. The highest BCUT2D eigenvalue weighted by Crippen LogP contribution is 2.27. The van der Waals surface area contributed by atoms with E-state index in [1.807, 2.05) is 0 Å². The first-order chi connectivity index (χ1) is 7.75. The summed E-state index contributed by atoms with van der Waals surface area (Å²) in [4.78, 5) is 11.8. The van der Waals surface area contributed by atoms with Gasteiger partial charge in [-0.15, -0.1) is 12.4 Å². The minimum Gasteiger partial charge on any atom is -0.356 e. The molecule has 3 unspecified atom stereocenters. The first-order valence-corrected chi connectivity index (χ1v) is 6.74. The van der Waals surface area contributed by atoms with Crippen molar-refractivity contribution in [3.8, 4) is 0 Å². The van der Waals surface area contributed by atoms with Crippen molar-refractivity contribution in [1.29, 1.82) is 0 Å². The van der Waals surface area contributed by atoms with Crippen molar-refractivity contribution < 1.29 is 4.79 Å². The van der Waals surface area contributed by atoms with Gasteiger partial charge in [0.2, 0.25) is 5.91 Å². The second kappa shape index (κ2) is 7.22. The van der Waals surface area contributed by atoms with Crippen LogP contribution >= 0.6 is 12.4 Å². The Labute approximate surface area is 111 Å². The van der Waals surface area contributed by atoms with Gasteiger partial charge < -0.3 is 10.6 Å². The van der Waals surface area contributed by atoms with Crippen molar-refractivity contribution >= 4 is 18.3 Å². The van der Waals surface area contributed by atoms with Gasteiger partial charge in [0.15, 0.2) is 0 Å². The predicted octanol–water partition coefficient (Wildman–Crippen LogP) is 1.96. The van der Waals surface area contributed by atoms with Gasteiger partial charge in [-0.05, 0) is 37.6 Å². The quantitative estimate of drug-likeness (QED) is 0.815. The molecule has 3 nitrogen and oxygen atoms in total. The highest BCUT2D eigenvalue weighted by molar-refractivity contribution is 5.85. The van der Waals surface area contributed by atoms with Crippen LogP contribution in [0.25, 0.3) is 0 Å². The lowest BCUT2D eigenvalue weighted by molar-refractivity contribution is -0.124. The second-order valence-corrected chi connectivity index (χ2v) is 5.57. The van der Waals surface area contributed by atoms with Gasteiger partial charge >= 0.3 is 0 Å². The summed E-state index contributed by atoms with van der Waals surface area (Å²) in [5, 5.41) is 6.37. The summed E-state index contributed by atoms with van der Waals surface area (Å²) in [5.41, 5.74) is 0. The number of hydrogen-bond acceptors (Lipinski definition) is 2. The number of rotatable bonds is 3. The maximum absolute atomic E-state index is 11.8. The van der Waals surface area contributed by atoms with Crippen molar-refractivity contribution in [2.45, 2.75) is 39.0 Å². The third-order valence-corrected chi connectivity index (χ3v) is 4.04. The molecule has 2 N–H and O–H groups in total. The molecule has 1 saturated carbocycles. The summed E-state index contributed by atoms with van der Waals surface area (Å²) < 4.78 is 0. The molecule has 0 radical (unpaired) electrons. The van der Waals surface area contributed by atoms with Crippen LogP contribution in [-0.2, 0) is 4.79 Å². The molecule has 1 saturated heterocycles. The zero-order valence-corrected chi connectivity index (χ0v) is 11.5. The first-order valence-electron chi connectivity index (χ1n) is 6.74. The lowest BCUT2D eigenvalue weighted by Gasteiger charge is -2.27. The molecule has 0 aromatic heterocycles. The van der Waals surface area contributed by atoms with E-state index >= 15 is 0 Å². The average molecular weight is 261 g/mol. The Balaban J connectivity index is 0.00000144. The fourth-order valence-electron chi connectivity index (χ4n) is 3.01. The van der Waals surface area contributed by atoms with Crippen LogP contribution in [-0.4, -0.2) is 25.5 Å². The first kappa shape index (κ1) is 14.8. The number of hydrogen-bond donors (Lipinski definition) is 2. The van der Waals surface area contributed by atoms with Gasteiger partial charge in [0.25, 0.3) is 0 Å². The number of halogens is 1. The minimum atomic E-state index is 0. The molecule has 0 bridgehead atoms. The molecule has 2 rings (SSSR count). The second-order valence-electron chi connectivity index (χ2n) is 5.57. The van der Waals surface area contributed by atoms with E-state index in [0.29, 0.717) is 0 Å². The molecule has 1 amide bonds. The Bertz CT molecular complexity index is 242. The molecule has 2 fully saturated rings. The molecule has 2 aliphatic rings. The summed E-state index contributed by atoms with van der Waals surface area (Å²) in [6.07, 6.45) is 6.31. The summed E-state index contributed by atoms with van der Waals surface area (Å²) >= 11 is 0. The van der Waals surface area contributed by atoms with Crippen LogP contribution in [0.4, 0.5) is 0 Å². The molecule has 3 atom stereocenters. The highest BCUT2D eigenvalue weighted by Gasteiger charge is 2.24. The van der Waals surface area contributed by atoms with Gasteiger partial charge in [-0.25, -0.2) is 0 Å².